The van der Waals surface area contributed by atoms with Gasteiger partial charge in [-0.25, -0.2) is 14.0 Å². The Morgan fingerprint density at radius 3 is 2.54 bits per heavy atom. The van der Waals surface area contributed by atoms with E-state index in [4.69, 9.17) is 11.3 Å². The number of carbonyl (C=O) groups excluding carboxylic acids is 2. The zero-order valence-corrected chi connectivity index (χ0v) is 19.8. The summed E-state index contributed by atoms with van der Waals surface area (Å²) in [6, 6.07) is 19.0. The normalized spacial score (nSPS) is 22.3. The number of benzene rings is 3. The number of nitrogens with zero attached hydrogens (tertiary/aromatic N) is 2. The molecule has 3 aromatic rings. The van der Waals surface area contributed by atoms with E-state index in [-0.39, 0.29) is 24.2 Å². The molecule has 1 saturated carbocycles. The fourth-order valence-electron chi connectivity index (χ4n) is 5.98. The Morgan fingerprint density at radius 2 is 1.89 bits per heavy atom. The molecule has 1 aliphatic carbocycles. The maximum absolute atomic E-state index is 14.5. The first-order valence-electron chi connectivity index (χ1n) is 11.6. The number of ether oxygens (including phenoxy) is 1. The van der Waals surface area contributed by atoms with E-state index >= 15 is 0 Å². The molecule has 5 nitrogen and oxygen atoms in total. The molecule has 176 valence electrons. The molecule has 1 aliphatic heterocycles. The van der Waals surface area contributed by atoms with Crippen molar-refractivity contribution in [1.29, 1.82) is 0 Å². The van der Waals surface area contributed by atoms with Crippen LogP contribution in [-0.2, 0) is 26.9 Å². The molecule has 0 saturated heterocycles. The number of anilines is 1. The Bertz CT molecular complexity index is 1390. The zero-order chi connectivity index (χ0) is 25.0. The molecule has 0 bridgehead atoms. The fourth-order valence-corrected chi connectivity index (χ4v) is 5.98. The molecule has 5 rings (SSSR count). The summed E-state index contributed by atoms with van der Waals surface area (Å²) in [5.74, 6) is -0.783. The first-order chi connectivity index (χ1) is 16.8. The monoisotopic (exact) mass is 468 g/mol. The highest BCUT2D eigenvalue weighted by molar-refractivity contribution is 6.12. The first kappa shape index (κ1) is 22.8. The minimum absolute atomic E-state index is 0.0653. The van der Waals surface area contributed by atoms with Gasteiger partial charge in [-0.15, -0.1) is 0 Å². The van der Waals surface area contributed by atoms with Crippen LogP contribution in [0.3, 0.4) is 0 Å². The van der Waals surface area contributed by atoms with E-state index < -0.39 is 16.8 Å². The van der Waals surface area contributed by atoms with Crippen molar-refractivity contribution in [2.75, 3.05) is 12.0 Å². The molecule has 3 aromatic carbocycles. The summed E-state index contributed by atoms with van der Waals surface area (Å²) in [5.41, 5.74) is 2.74. The number of hydrogen-bond donors (Lipinski definition) is 0. The van der Waals surface area contributed by atoms with Crippen LogP contribution < -0.4 is 4.90 Å². The van der Waals surface area contributed by atoms with E-state index in [9.17, 15) is 14.0 Å². The van der Waals surface area contributed by atoms with E-state index in [0.717, 1.165) is 11.1 Å². The number of methoxy groups -OCH3 is 1. The predicted molar refractivity (Wildman–Crippen MR) is 131 cm³/mol. The van der Waals surface area contributed by atoms with Crippen molar-refractivity contribution in [2.24, 2.45) is 5.92 Å². The van der Waals surface area contributed by atoms with Crippen molar-refractivity contribution >= 4 is 23.3 Å². The van der Waals surface area contributed by atoms with Gasteiger partial charge in [0.1, 0.15) is 5.82 Å². The van der Waals surface area contributed by atoms with Crippen molar-refractivity contribution in [1.82, 2.24) is 0 Å². The van der Waals surface area contributed by atoms with Gasteiger partial charge in [-0.05, 0) is 59.4 Å². The van der Waals surface area contributed by atoms with Crippen LogP contribution >= 0.6 is 0 Å². The lowest BCUT2D eigenvalue weighted by molar-refractivity contribution is -0.121. The average molecular weight is 469 g/mol. The molecule has 1 heterocycles. The van der Waals surface area contributed by atoms with Crippen LogP contribution in [0.25, 0.3) is 4.85 Å². The van der Waals surface area contributed by atoms with E-state index in [1.165, 1.54) is 19.2 Å². The maximum Gasteiger partial charge on any atom is 0.337 e. The van der Waals surface area contributed by atoms with Crippen LogP contribution in [0.2, 0.25) is 0 Å². The molecule has 2 atom stereocenters. The second-order valence-corrected chi connectivity index (χ2v) is 9.61. The smallest absolute Gasteiger partial charge is 0.337 e. The highest BCUT2D eigenvalue weighted by atomic mass is 19.1. The largest absolute Gasteiger partial charge is 0.465 e. The van der Waals surface area contributed by atoms with Gasteiger partial charge >= 0.3 is 5.97 Å². The average Bonchev–Trinajstić information content (AvgIpc) is 3.54. The van der Waals surface area contributed by atoms with Crippen LogP contribution in [-0.4, -0.2) is 19.0 Å². The molecule has 1 fully saturated rings. The number of halogens is 1. The summed E-state index contributed by atoms with van der Waals surface area (Å²) in [6.45, 7) is 11.7. The van der Waals surface area contributed by atoms with Crippen LogP contribution in [0.15, 0.2) is 66.7 Å². The predicted octanol–water partition coefficient (Wildman–Crippen LogP) is 5.95. The van der Waals surface area contributed by atoms with Crippen LogP contribution in [0.4, 0.5) is 15.8 Å². The van der Waals surface area contributed by atoms with E-state index in [0.29, 0.717) is 28.9 Å². The van der Waals surface area contributed by atoms with E-state index in [2.05, 4.69) is 18.7 Å². The topological polar surface area (TPSA) is 51.0 Å². The second kappa shape index (κ2) is 8.06. The minimum Gasteiger partial charge on any atom is -0.465 e. The van der Waals surface area contributed by atoms with Crippen molar-refractivity contribution in [3.8, 4) is 0 Å². The Morgan fingerprint density at radius 1 is 1.14 bits per heavy atom. The van der Waals surface area contributed by atoms with Crippen molar-refractivity contribution in [2.45, 2.75) is 37.6 Å². The minimum atomic E-state index is -0.877. The van der Waals surface area contributed by atoms with Crippen molar-refractivity contribution < 1.29 is 18.7 Å². The first-order valence-corrected chi connectivity index (χ1v) is 11.6. The number of amides is 1. The van der Waals surface area contributed by atoms with Gasteiger partial charge in [0.05, 0.1) is 31.2 Å². The van der Waals surface area contributed by atoms with E-state index in [1.807, 2.05) is 18.2 Å². The Hall–Kier alpha value is -3.98. The highest BCUT2D eigenvalue weighted by Gasteiger charge is 2.77. The lowest BCUT2D eigenvalue weighted by atomic mass is 9.75. The van der Waals surface area contributed by atoms with Crippen LogP contribution in [0.1, 0.15) is 47.3 Å². The molecule has 1 spiro atoms. The SMILES string of the molecule is [C-]#[N+]c1ccc([C@]2(C(C)C)C[C@@]23C(=O)N(Cc2cccc(C(=O)OC)c2)c2ccc(F)cc23)cc1. The molecule has 0 aromatic heterocycles. The number of carbonyl (C=O) groups is 2. The summed E-state index contributed by atoms with van der Waals surface area (Å²) in [7, 11) is 1.33. The van der Waals surface area contributed by atoms with Gasteiger partial charge in [-0.1, -0.05) is 50.2 Å². The Labute approximate surface area is 204 Å². The Kier molecular flexibility index (Phi) is 5.25. The van der Waals surface area contributed by atoms with Gasteiger partial charge < -0.3 is 9.64 Å². The lowest BCUT2D eigenvalue weighted by Crippen LogP contribution is -2.38. The molecule has 0 unspecified atom stereocenters. The third kappa shape index (κ3) is 3.19. The third-order valence-electron chi connectivity index (χ3n) is 7.69. The fraction of sp³-hybridized carbons (Fsp3) is 0.276. The molecule has 0 radical (unpaired) electrons. The van der Waals surface area contributed by atoms with Crippen LogP contribution in [0.5, 0.6) is 0 Å². The summed E-state index contributed by atoms with van der Waals surface area (Å²) >= 11 is 0. The van der Waals surface area contributed by atoms with Gasteiger partial charge in [-0.2, -0.15) is 0 Å². The molecular weight excluding hydrogens is 443 g/mol. The van der Waals surface area contributed by atoms with Gasteiger partial charge in [0.15, 0.2) is 5.69 Å². The molecular formula is C29H25FN2O3. The summed E-state index contributed by atoms with van der Waals surface area (Å²) < 4.78 is 19.4. The maximum atomic E-state index is 14.5. The number of rotatable bonds is 5. The molecule has 0 N–H and O–H groups in total. The molecule has 35 heavy (non-hydrogen) atoms. The summed E-state index contributed by atoms with van der Waals surface area (Å²) in [5, 5.41) is 0. The zero-order valence-electron chi connectivity index (χ0n) is 19.8. The van der Waals surface area contributed by atoms with Gasteiger partial charge in [0.25, 0.3) is 0 Å². The van der Waals surface area contributed by atoms with Gasteiger partial charge in [0.2, 0.25) is 5.91 Å². The quantitative estimate of drug-likeness (QED) is 0.344. The lowest BCUT2D eigenvalue weighted by Gasteiger charge is -2.27. The number of esters is 1. The molecule has 2 aliphatic rings. The Balaban J connectivity index is 1.60. The number of fused-ring (bicyclic) bond motifs is 2. The molecule has 1 amide bonds. The summed E-state index contributed by atoms with van der Waals surface area (Å²) in [6.07, 6.45) is 0.572. The molecule has 6 heteroatoms. The third-order valence-corrected chi connectivity index (χ3v) is 7.69. The van der Waals surface area contributed by atoms with E-state index in [1.54, 1.807) is 41.3 Å². The summed E-state index contributed by atoms with van der Waals surface area (Å²) in [4.78, 5) is 31.4. The highest BCUT2D eigenvalue weighted by Crippen LogP contribution is 2.73. The van der Waals surface area contributed by atoms with Crippen LogP contribution in [0, 0.1) is 18.3 Å². The van der Waals surface area contributed by atoms with Gasteiger partial charge in [0, 0.05) is 11.1 Å². The standard InChI is InChI=1S/C29H25FN2O3/c1-18(2)28(21-8-11-23(31-3)12-9-21)17-29(28)24-15-22(30)10-13-25(24)32(27(29)34)16-19-6-5-7-20(14-19)26(33)35-4/h5-15,18H,16-17H2,1-2,4H3/t28-,29-/m1/s1. The second-order valence-electron chi connectivity index (χ2n) is 9.61. The number of hydrogen-bond acceptors (Lipinski definition) is 3. The van der Waals surface area contributed by atoms with Crippen molar-refractivity contribution in [3.05, 3.63) is 106 Å². The van der Waals surface area contributed by atoms with Gasteiger partial charge in [-0.3, -0.25) is 4.79 Å². The van der Waals surface area contributed by atoms with Crippen molar-refractivity contribution in [3.63, 3.8) is 0 Å².